The molecule has 3 heteroatoms. The quantitative estimate of drug-likeness (QED) is 0.807. The monoisotopic (exact) mass is 211 g/mol. The van der Waals surface area contributed by atoms with E-state index in [1.807, 2.05) is 7.05 Å². The Bertz CT molecular complexity index is 314. The Labute approximate surface area is 90.4 Å². The number of halogens is 1. The molecule has 0 spiro atoms. The van der Waals surface area contributed by atoms with Crippen molar-refractivity contribution in [2.75, 3.05) is 14.2 Å². The molecule has 0 heterocycles. The Hall–Kier alpha value is -1.09. The van der Waals surface area contributed by atoms with Crippen LogP contribution in [0.3, 0.4) is 0 Å². The number of hydrogen-bond donors (Lipinski definition) is 1. The molecule has 15 heavy (non-hydrogen) atoms. The first kappa shape index (κ1) is 12.0. The Kier molecular flexibility index (Phi) is 4.56. The van der Waals surface area contributed by atoms with Crippen LogP contribution in [0, 0.1) is 5.82 Å². The Morgan fingerprint density at radius 1 is 1.47 bits per heavy atom. The average Bonchev–Trinajstić information content (AvgIpc) is 2.26. The lowest BCUT2D eigenvalue weighted by molar-refractivity contribution is 0.410. The van der Waals surface area contributed by atoms with Crippen molar-refractivity contribution >= 4 is 0 Å². The summed E-state index contributed by atoms with van der Waals surface area (Å²) < 4.78 is 18.4. The van der Waals surface area contributed by atoms with Gasteiger partial charge in [0.25, 0.3) is 0 Å². The smallest absolute Gasteiger partial charge is 0.130 e. The summed E-state index contributed by atoms with van der Waals surface area (Å²) >= 11 is 0. The third-order valence-corrected chi connectivity index (χ3v) is 2.60. The van der Waals surface area contributed by atoms with Crippen molar-refractivity contribution in [3.8, 4) is 5.75 Å². The van der Waals surface area contributed by atoms with E-state index in [0.29, 0.717) is 11.8 Å². The molecular formula is C12H18FNO. The zero-order chi connectivity index (χ0) is 11.3. The molecule has 0 bridgehead atoms. The molecule has 0 aliphatic rings. The van der Waals surface area contributed by atoms with Crippen LogP contribution in [0.15, 0.2) is 18.2 Å². The van der Waals surface area contributed by atoms with Gasteiger partial charge in [0.15, 0.2) is 0 Å². The zero-order valence-corrected chi connectivity index (χ0v) is 9.51. The standard InChI is InChI=1S/C12H18FNO/c1-9(14-2)4-5-10-6-7-11(15-3)8-12(10)13/h6-9,14H,4-5H2,1-3H3. The number of methoxy groups -OCH3 is 1. The molecule has 0 fully saturated rings. The lowest BCUT2D eigenvalue weighted by atomic mass is 10.1. The molecular weight excluding hydrogens is 193 g/mol. The summed E-state index contributed by atoms with van der Waals surface area (Å²) in [7, 11) is 3.45. The van der Waals surface area contributed by atoms with Crippen LogP contribution < -0.4 is 10.1 Å². The van der Waals surface area contributed by atoms with E-state index in [2.05, 4.69) is 12.2 Å². The number of rotatable bonds is 5. The van der Waals surface area contributed by atoms with Crippen LogP contribution in [0.25, 0.3) is 0 Å². The van der Waals surface area contributed by atoms with E-state index < -0.39 is 0 Å². The first-order valence-corrected chi connectivity index (χ1v) is 5.17. The third kappa shape index (κ3) is 3.51. The van der Waals surface area contributed by atoms with Gasteiger partial charge in [0.05, 0.1) is 7.11 Å². The number of aryl methyl sites for hydroxylation is 1. The van der Waals surface area contributed by atoms with Crippen molar-refractivity contribution < 1.29 is 9.13 Å². The number of nitrogens with one attached hydrogen (secondary N) is 1. The van der Waals surface area contributed by atoms with Crippen LogP contribution in [-0.4, -0.2) is 20.2 Å². The average molecular weight is 211 g/mol. The second-order valence-corrected chi connectivity index (χ2v) is 3.69. The van der Waals surface area contributed by atoms with Gasteiger partial charge in [0, 0.05) is 12.1 Å². The predicted molar refractivity (Wildman–Crippen MR) is 59.8 cm³/mol. The highest BCUT2D eigenvalue weighted by molar-refractivity contribution is 5.28. The fraction of sp³-hybridized carbons (Fsp3) is 0.500. The number of ether oxygens (including phenoxy) is 1. The van der Waals surface area contributed by atoms with E-state index >= 15 is 0 Å². The van der Waals surface area contributed by atoms with E-state index in [-0.39, 0.29) is 5.82 Å². The van der Waals surface area contributed by atoms with Crippen LogP contribution in [0.4, 0.5) is 4.39 Å². The second-order valence-electron chi connectivity index (χ2n) is 3.69. The molecule has 1 atom stereocenters. The summed E-state index contributed by atoms with van der Waals surface area (Å²) in [5, 5.41) is 3.13. The first-order chi connectivity index (χ1) is 7.17. The maximum Gasteiger partial charge on any atom is 0.130 e. The fourth-order valence-corrected chi connectivity index (χ4v) is 1.37. The summed E-state index contributed by atoms with van der Waals surface area (Å²) in [6.07, 6.45) is 1.68. The summed E-state index contributed by atoms with van der Waals surface area (Å²) in [4.78, 5) is 0. The zero-order valence-electron chi connectivity index (χ0n) is 9.51. The normalized spacial score (nSPS) is 12.5. The van der Waals surface area contributed by atoms with Crippen LogP contribution in [0.5, 0.6) is 5.75 Å². The van der Waals surface area contributed by atoms with E-state index in [1.165, 1.54) is 13.2 Å². The van der Waals surface area contributed by atoms with Gasteiger partial charge in [0.2, 0.25) is 0 Å². The van der Waals surface area contributed by atoms with Gasteiger partial charge in [-0.05, 0) is 38.4 Å². The van der Waals surface area contributed by atoms with Crippen LogP contribution in [0.2, 0.25) is 0 Å². The van der Waals surface area contributed by atoms with E-state index in [9.17, 15) is 4.39 Å². The molecule has 0 aliphatic heterocycles. The minimum atomic E-state index is -0.183. The molecule has 1 aromatic rings. The van der Waals surface area contributed by atoms with Crippen LogP contribution in [0.1, 0.15) is 18.9 Å². The molecule has 1 rings (SSSR count). The number of hydrogen-bond acceptors (Lipinski definition) is 2. The highest BCUT2D eigenvalue weighted by Crippen LogP contribution is 2.17. The van der Waals surface area contributed by atoms with Gasteiger partial charge in [-0.15, -0.1) is 0 Å². The predicted octanol–water partition coefficient (Wildman–Crippen LogP) is 2.37. The summed E-state index contributed by atoms with van der Waals surface area (Å²) in [5.74, 6) is 0.385. The van der Waals surface area contributed by atoms with Gasteiger partial charge in [-0.3, -0.25) is 0 Å². The SMILES string of the molecule is CNC(C)CCc1ccc(OC)cc1F. The van der Waals surface area contributed by atoms with Crippen molar-refractivity contribution in [1.82, 2.24) is 5.32 Å². The van der Waals surface area contributed by atoms with Crippen molar-refractivity contribution in [1.29, 1.82) is 0 Å². The summed E-state index contributed by atoms with van der Waals surface area (Å²) in [6, 6.07) is 5.42. The van der Waals surface area contributed by atoms with Gasteiger partial charge >= 0.3 is 0 Å². The maximum atomic E-state index is 13.5. The first-order valence-electron chi connectivity index (χ1n) is 5.17. The van der Waals surface area contributed by atoms with E-state index in [1.54, 1.807) is 12.1 Å². The largest absolute Gasteiger partial charge is 0.497 e. The van der Waals surface area contributed by atoms with E-state index in [0.717, 1.165) is 18.4 Å². The Morgan fingerprint density at radius 2 is 2.20 bits per heavy atom. The van der Waals surface area contributed by atoms with Crippen molar-refractivity contribution in [2.24, 2.45) is 0 Å². The molecule has 2 nitrogen and oxygen atoms in total. The molecule has 84 valence electrons. The summed E-state index contributed by atoms with van der Waals surface area (Å²) in [5.41, 5.74) is 0.748. The number of benzene rings is 1. The lowest BCUT2D eigenvalue weighted by Crippen LogP contribution is -2.21. The van der Waals surface area contributed by atoms with Gasteiger partial charge in [-0.25, -0.2) is 4.39 Å². The van der Waals surface area contributed by atoms with Gasteiger partial charge in [-0.2, -0.15) is 0 Å². The van der Waals surface area contributed by atoms with Gasteiger partial charge < -0.3 is 10.1 Å². The van der Waals surface area contributed by atoms with Crippen molar-refractivity contribution in [2.45, 2.75) is 25.8 Å². The van der Waals surface area contributed by atoms with Gasteiger partial charge in [0.1, 0.15) is 11.6 Å². The summed E-state index contributed by atoms with van der Waals surface area (Å²) in [6.45, 7) is 2.08. The van der Waals surface area contributed by atoms with E-state index in [4.69, 9.17) is 4.74 Å². The molecule has 0 aromatic heterocycles. The molecule has 0 saturated carbocycles. The molecule has 1 unspecified atom stereocenters. The third-order valence-electron chi connectivity index (χ3n) is 2.60. The fourth-order valence-electron chi connectivity index (χ4n) is 1.37. The maximum absolute atomic E-state index is 13.5. The topological polar surface area (TPSA) is 21.3 Å². The molecule has 1 N–H and O–H groups in total. The molecule has 0 aliphatic carbocycles. The van der Waals surface area contributed by atoms with Gasteiger partial charge in [-0.1, -0.05) is 6.07 Å². The molecule has 0 radical (unpaired) electrons. The molecule has 0 amide bonds. The highest BCUT2D eigenvalue weighted by atomic mass is 19.1. The highest BCUT2D eigenvalue weighted by Gasteiger charge is 2.05. The minimum absolute atomic E-state index is 0.183. The second kappa shape index (κ2) is 5.71. The Morgan fingerprint density at radius 3 is 2.73 bits per heavy atom. The lowest BCUT2D eigenvalue weighted by Gasteiger charge is -2.10. The van der Waals surface area contributed by atoms with Crippen LogP contribution >= 0.6 is 0 Å². The Balaban J connectivity index is 2.62. The van der Waals surface area contributed by atoms with Crippen LogP contribution in [-0.2, 0) is 6.42 Å². The van der Waals surface area contributed by atoms with Crippen molar-refractivity contribution in [3.63, 3.8) is 0 Å². The molecule has 0 saturated heterocycles. The van der Waals surface area contributed by atoms with Crippen molar-refractivity contribution in [3.05, 3.63) is 29.6 Å². The minimum Gasteiger partial charge on any atom is -0.497 e. The molecule has 1 aromatic carbocycles.